The fourth-order valence-corrected chi connectivity index (χ4v) is 1.71. The minimum absolute atomic E-state index is 0.236. The number of hydrogen-bond donors (Lipinski definition) is 2. The van der Waals surface area contributed by atoms with Crippen LogP contribution in [0.25, 0.3) is 0 Å². The number of rotatable bonds is 4. The zero-order valence-electron chi connectivity index (χ0n) is 9.79. The zero-order chi connectivity index (χ0) is 12.3. The third kappa shape index (κ3) is 2.27. The second-order valence-corrected chi connectivity index (χ2v) is 3.64. The molecule has 0 saturated carbocycles. The SMILES string of the molecule is COc1cccnc1C(NN)c1cnn(C)c1. The Morgan fingerprint density at radius 1 is 1.53 bits per heavy atom. The van der Waals surface area contributed by atoms with Crippen molar-refractivity contribution in [2.45, 2.75) is 6.04 Å². The van der Waals surface area contributed by atoms with Crippen molar-refractivity contribution in [3.63, 3.8) is 0 Å². The molecular weight excluding hydrogens is 218 g/mol. The van der Waals surface area contributed by atoms with E-state index < -0.39 is 0 Å². The van der Waals surface area contributed by atoms with Crippen LogP contribution in [-0.4, -0.2) is 21.9 Å². The number of hydrogen-bond acceptors (Lipinski definition) is 5. The number of pyridine rings is 1. The summed E-state index contributed by atoms with van der Waals surface area (Å²) in [5.74, 6) is 6.28. The van der Waals surface area contributed by atoms with Crippen LogP contribution in [0.3, 0.4) is 0 Å². The minimum atomic E-state index is -0.236. The number of methoxy groups -OCH3 is 1. The van der Waals surface area contributed by atoms with Crippen LogP contribution in [0, 0.1) is 0 Å². The largest absolute Gasteiger partial charge is 0.495 e. The van der Waals surface area contributed by atoms with Crippen molar-refractivity contribution in [2.24, 2.45) is 12.9 Å². The van der Waals surface area contributed by atoms with Gasteiger partial charge in [-0.1, -0.05) is 0 Å². The molecule has 2 rings (SSSR count). The van der Waals surface area contributed by atoms with E-state index in [0.717, 1.165) is 11.3 Å². The van der Waals surface area contributed by atoms with E-state index in [1.54, 1.807) is 24.2 Å². The molecule has 2 aromatic heterocycles. The van der Waals surface area contributed by atoms with E-state index >= 15 is 0 Å². The van der Waals surface area contributed by atoms with Crippen molar-refractivity contribution < 1.29 is 4.74 Å². The summed E-state index contributed by atoms with van der Waals surface area (Å²) in [5, 5.41) is 4.12. The third-order valence-electron chi connectivity index (χ3n) is 2.52. The molecule has 6 nitrogen and oxygen atoms in total. The molecule has 3 N–H and O–H groups in total. The first-order chi connectivity index (χ1) is 8.26. The number of hydrazine groups is 1. The van der Waals surface area contributed by atoms with Crippen LogP contribution in [0.15, 0.2) is 30.7 Å². The Balaban J connectivity index is 2.41. The van der Waals surface area contributed by atoms with Crippen LogP contribution in [0.5, 0.6) is 5.75 Å². The average Bonchev–Trinajstić information content (AvgIpc) is 2.77. The summed E-state index contributed by atoms with van der Waals surface area (Å²) in [4.78, 5) is 4.30. The quantitative estimate of drug-likeness (QED) is 0.589. The van der Waals surface area contributed by atoms with Crippen molar-refractivity contribution in [3.05, 3.63) is 42.0 Å². The topological polar surface area (TPSA) is 78.0 Å². The van der Waals surface area contributed by atoms with Gasteiger partial charge in [0, 0.05) is 25.0 Å². The smallest absolute Gasteiger partial charge is 0.142 e. The van der Waals surface area contributed by atoms with Crippen LogP contribution in [0.4, 0.5) is 0 Å². The minimum Gasteiger partial charge on any atom is -0.495 e. The van der Waals surface area contributed by atoms with E-state index in [1.165, 1.54) is 0 Å². The van der Waals surface area contributed by atoms with Crippen molar-refractivity contribution >= 4 is 0 Å². The van der Waals surface area contributed by atoms with Crippen molar-refractivity contribution in [2.75, 3.05) is 7.11 Å². The summed E-state index contributed by atoms with van der Waals surface area (Å²) in [6.45, 7) is 0. The fraction of sp³-hybridized carbons (Fsp3) is 0.273. The Morgan fingerprint density at radius 3 is 2.94 bits per heavy atom. The first-order valence-corrected chi connectivity index (χ1v) is 5.20. The highest BCUT2D eigenvalue weighted by molar-refractivity contribution is 5.35. The molecule has 0 bridgehead atoms. The molecule has 0 radical (unpaired) electrons. The molecule has 2 heterocycles. The van der Waals surface area contributed by atoms with E-state index in [9.17, 15) is 0 Å². The standard InChI is InChI=1S/C11H15N5O/c1-16-7-8(6-14-16)10(15-12)11-9(17-2)4-3-5-13-11/h3-7,10,15H,12H2,1-2H3. The monoisotopic (exact) mass is 233 g/mol. The highest BCUT2D eigenvalue weighted by atomic mass is 16.5. The molecule has 0 aromatic carbocycles. The molecule has 17 heavy (non-hydrogen) atoms. The lowest BCUT2D eigenvalue weighted by molar-refractivity contribution is 0.400. The summed E-state index contributed by atoms with van der Waals surface area (Å²) in [7, 11) is 3.46. The molecule has 90 valence electrons. The second kappa shape index (κ2) is 4.94. The molecule has 2 aromatic rings. The summed E-state index contributed by atoms with van der Waals surface area (Å²) < 4.78 is 6.99. The highest BCUT2D eigenvalue weighted by Crippen LogP contribution is 2.26. The Hall–Kier alpha value is -1.92. The van der Waals surface area contributed by atoms with E-state index in [2.05, 4.69) is 15.5 Å². The number of aryl methyl sites for hydroxylation is 1. The molecule has 0 amide bonds. The lowest BCUT2D eigenvalue weighted by Gasteiger charge is -2.16. The van der Waals surface area contributed by atoms with Crippen LogP contribution in [-0.2, 0) is 7.05 Å². The zero-order valence-corrected chi connectivity index (χ0v) is 9.79. The first kappa shape index (κ1) is 11.6. The van der Waals surface area contributed by atoms with Crippen molar-refractivity contribution in [3.8, 4) is 5.75 Å². The molecule has 0 fully saturated rings. The van der Waals surface area contributed by atoms with Crippen LogP contribution >= 0.6 is 0 Å². The predicted molar refractivity (Wildman–Crippen MR) is 63.2 cm³/mol. The van der Waals surface area contributed by atoms with Crippen molar-refractivity contribution in [1.29, 1.82) is 0 Å². The van der Waals surface area contributed by atoms with Gasteiger partial charge in [-0.25, -0.2) is 5.43 Å². The number of nitrogens with one attached hydrogen (secondary N) is 1. The third-order valence-corrected chi connectivity index (χ3v) is 2.52. The molecule has 1 atom stereocenters. The number of nitrogens with zero attached hydrogens (tertiary/aromatic N) is 3. The molecule has 0 aliphatic rings. The maximum atomic E-state index is 5.59. The number of aromatic nitrogens is 3. The Morgan fingerprint density at radius 2 is 2.35 bits per heavy atom. The molecule has 0 saturated heterocycles. The Kier molecular flexibility index (Phi) is 3.36. The molecule has 0 aliphatic carbocycles. The number of nitrogens with two attached hydrogens (primary N) is 1. The van der Waals surface area contributed by atoms with Gasteiger partial charge in [0.1, 0.15) is 11.4 Å². The average molecular weight is 233 g/mol. The molecule has 6 heteroatoms. The fourth-order valence-electron chi connectivity index (χ4n) is 1.71. The van der Waals surface area contributed by atoms with Crippen LogP contribution < -0.4 is 16.0 Å². The Bertz CT molecular complexity index is 496. The van der Waals surface area contributed by atoms with E-state index in [4.69, 9.17) is 10.6 Å². The van der Waals surface area contributed by atoms with Gasteiger partial charge in [-0.3, -0.25) is 15.5 Å². The summed E-state index contributed by atoms with van der Waals surface area (Å²) >= 11 is 0. The number of ether oxygens (including phenoxy) is 1. The maximum absolute atomic E-state index is 5.59. The van der Waals surface area contributed by atoms with Gasteiger partial charge in [-0.15, -0.1) is 0 Å². The lowest BCUT2D eigenvalue weighted by atomic mass is 10.1. The van der Waals surface area contributed by atoms with Crippen molar-refractivity contribution in [1.82, 2.24) is 20.2 Å². The van der Waals surface area contributed by atoms with E-state index in [0.29, 0.717) is 5.75 Å². The van der Waals surface area contributed by atoms with E-state index in [-0.39, 0.29) is 6.04 Å². The van der Waals surface area contributed by atoms with Gasteiger partial charge in [-0.2, -0.15) is 5.10 Å². The highest BCUT2D eigenvalue weighted by Gasteiger charge is 2.19. The van der Waals surface area contributed by atoms with Gasteiger partial charge in [0.15, 0.2) is 0 Å². The predicted octanol–water partition coefficient (Wildman–Crippen LogP) is 0.376. The molecule has 0 aliphatic heterocycles. The van der Waals surface area contributed by atoms with Gasteiger partial charge in [-0.05, 0) is 12.1 Å². The van der Waals surface area contributed by atoms with Gasteiger partial charge in [0.2, 0.25) is 0 Å². The van der Waals surface area contributed by atoms with Crippen LogP contribution in [0.1, 0.15) is 17.3 Å². The van der Waals surface area contributed by atoms with Gasteiger partial charge in [0.25, 0.3) is 0 Å². The molecule has 0 spiro atoms. The van der Waals surface area contributed by atoms with Crippen LogP contribution in [0.2, 0.25) is 0 Å². The summed E-state index contributed by atoms with van der Waals surface area (Å²) in [6.07, 6.45) is 5.34. The maximum Gasteiger partial charge on any atom is 0.142 e. The summed E-state index contributed by atoms with van der Waals surface area (Å²) in [6, 6.07) is 3.43. The van der Waals surface area contributed by atoms with Gasteiger partial charge >= 0.3 is 0 Å². The lowest BCUT2D eigenvalue weighted by Crippen LogP contribution is -2.29. The molecule has 1 unspecified atom stereocenters. The Labute approximate surface area is 99.4 Å². The van der Waals surface area contributed by atoms with Gasteiger partial charge in [0.05, 0.1) is 19.3 Å². The first-order valence-electron chi connectivity index (χ1n) is 5.20. The summed E-state index contributed by atoms with van der Waals surface area (Å²) in [5.41, 5.74) is 4.41. The molecular formula is C11H15N5O. The normalized spacial score (nSPS) is 12.4. The van der Waals surface area contributed by atoms with E-state index in [1.807, 2.05) is 25.4 Å². The second-order valence-electron chi connectivity index (χ2n) is 3.64. The van der Waals surface area contributed by atoms with Gasteiger partial charge < -0.3 is 4.74 Å².